The maximum Gasteiger partial charge on any atom is 0.157 e. The maximum absolute atomic E-state index is 11.1. The molecule has 1 heterocycles. The molecule has 0 saturated carbocycles. The molecular weight excluding hydrogens is 160 g/mol. The van der Waals surface area contributed by atoms with Gasteiger partial charge in [0, 0.05) is 0 Å². The van der Waals surface area contributed by atoms with Gasteiger partial charge in [0.2, 0.25) is 0 Å². The van der Waals surface area contributed by atoms with Crippen molar-refractivity contribution in [3.05, 3.63) is 11.1 Å². The van der Waals surface area contributed by atoms with Gasteiger partial charge in [0.05, 0.1) is 11.5 Å². The lowest BCUT2D eigenvalue weighted by molar-refractivity contribution is 0.601. The Morgan fingerprint density at radius 2 is 1.82 bits per heavy atom. The van der Waals surface area contributed by atoms with Crippen molar-refractivity contribution in [3.63, 3.8) is 0 Å². The molecule has 0 aliphatic carbocycles. The fourth-order valence-corrected chi connectivity index (χ4v) is 3.49. The highest BCUT2D eigenvalue weighted by Gasteiger charge is 2.25. The van der Waals surface area contributed by atoms with Gasteiger partial charge in [0.1, 0.15) is 0 Å². The van der Waals surface area contributed by atoms with Crippen LogP contribution in [0.25, 0.3) is 0 Å². The average Bonchev–Trinajstić information content (AvgIpc) is 2.05. The van der Waals surface area contributed by atoms with Gasteiger partial charge in [-0.1, -0.05) is 25.0 Å². The molecule has 1 aliphatic heterocycles. The van der Waals surface area contributed by atoms with Crippen molar-refractivity contribution in [1.82, 2.24) is 0 Å². The molecule has 0 radical (unpaired) electrons. The number of hydrogen-bond acceptors (Lipinski definition) is 2. The first-order valence-corrected chi connectivity index (χ1v) is 5.63. The van der Waals surface area contributed by atoms with E-state index in [1.54, 1.807) is 0 Å². The van der Waals surface area contributed by atoms with E-state index in [-0.39, 0.29) is 11.5 Å². The molecule has 2 nitrogen and oxygen atoms in total. The summed E-state index contributed by atoms with van der Waals surface area (Å²) in [6.45, 7) is 6.00. The van der Waals surface area contributed by atoms with Crippen LogP contribution in [0.3, 0.4) is 0 Å². The largest absolute Gasteiger partial charge is 0.228 e. The normalized spacial score (nSPS) is 23.3. The highest BCUT2D eigenvalue weighted by atomic mass is 32.2. The van der Waals surface area contributed by atoms with Crippen molar-refractivity contribution < 1.29 is 8.42 Å². The van der Waals surface area contributed by atoms with Crippen LogP contribution in [-0.2, 0) is 9.84 Å². The van der Waals surface area contributed by atoms with E-state index in [1.165, 1.54) is 0 Å². The monoisotopic (exact) mass is 174 g/mol. The smallest absolute Gasteiger partial charge is 0.157 e. The Bertz CT molecular complexity index is 283. The summed E-state index contributed by atoms with van der Waals surface area (Å²) in [6, 6.07) is 0. The predicted molar refractivity (Wildman–Crippen MR) is 46.2 cm³/mol. The molecule has 0 saturated heterocycles. The first kappa shape index (κ1) is 8.78. The van der Waals surface area contributed by atoms with Crippen LogP contribution >= 0.6 is 0 Å². The van der Waals surface area contributed by atoms with Crippen molar-refractivity contribution in [2.24, 2.45) is 5.92 Å². The lowest BCUT2D eigenvalue weighted by Gasteiger charge is -2.04. The summed E-state index contributed by atoms with van der Waals surface area (Å²) in [6.07, 6.45) is 0. The zero-order valence-electron chi connectivity index (χ0n) is 7.22. The maximum atomic E-state index is 11.1. The molecule has 1 rings (SSSR count). The van der Waals surface area contributed by atoms with E-state index < -0.39 is 9.84 Å². The molecular formula is C8H14O2S. The Morgan fingerprint density at radius 1 is 1.27 bits per heavy atom. The highest BCUT2D eigenvalue weighted by Crippen LogP contribution is 2.24. The van der Waals surface area contributed by atoms with Gasteiger partial charge >= 0.3 is 0 Å². The quantitative estimate of drug-likeness (QED) is 0.563. The van der Waals surface area contributed by atoms with Gasteiger partial charge in [0.25, 0.3) is 0 Å². The minimum absolute atomic E-state index is 0.278. The fraction of sp³-hybridized carbons (Fsp3) is 0.750. The van der Waals surface area contributed by atoms with E-state index in [2.05, 4.69) is 0 Å². The highest BCUT2D eigenvalue weighted by molar-refractivity contribution is 7.92. The van der Waals surface area contributed by atoms with E-state index in [1.807, 2.05) is 20.8 Å². The Kier molecular flexibility index (Phi) is 2.10. The van der Waals surface area contributed by atoms with Crippen LogP contribution in [0.2, 0.25) is 0 Å². The van der Waals surface area contributed by atoms with Crippen LogP contribution in [0, 0.1) is 5.92 Å². The summed E-state index contributed by atoms with van der Waals surface area (Å²) >= 11 is 0. The lowest BCUT2D eigenvalue weighted by Crippen LogP contribution is -2.05. The van der Waals surface area contributed by atoms with Crippen molar-refractivity contribution in [2.45, 2.75) is 20.8 Å². The molecule has 0 amide bonds. The summed E-state index contributed by atoms with van der Waals surface area (Å²) < 4.78 is 22.2. The number of sulfone groups is 1. The molecule has 0 fully saturated rings. The van der Waals surface area contributed by atoms with Crippen LogP contribution in [0.5, 0.6) is 0 Å². The van der Waals surface area contributed by atoms with Crippen molar-refractivity contribution in [2.75, 3.05) is 11.5 Å². The summed E-state index contributed by atoms with van der Waals surface area (Å²) in [5.74, 6) is 0.948. The van der Waals surface area contributed by atoms with Gasteiger partial charge in [-0.3, -0.25) is 0 Å². The van der Waals surface area contributed by atoms with E-state index in [0.717, 1.165) is 11.1 Å². The van der Waals surface area contributed by atoms with Crippen molar-refractivity contribution in [1.29, 1.82) is 0 Å². The van der Waals surface area contributed by atoms with Gasteiger partial charge in [-0.25, -0.2) is 8.42 Å². The van der Waals surface area contributed by atoms with Crippen LogP contribution in [-0.4, -0.2) is 19.9 Å². The van der Waals surface area contributed by atoms with Crippen molar-refractivity contribution >= 4 is 9.84 Å². The van der Waals surface area contributed by atoms with E-state index in [0.29, 0.717) is 5.92 Å². The van der Waals surface area contributed by atoms with Gasteiger partial charge in [-0.2, -0.15) is 0 Å². The zero-order chi connectivity index (χ0) is 8.65. The molecule has 0 spiro atoms. The second-order valence-corrected chi connectivity index (χ2v) is 5.56. The number of rotatable bonds is 1. The molecule has 1 aliphatic rings. The minimum atomic E-state index is -2.76. The molecule has 0 N–H and O–H groups in total. The summed E-state index contributed by atoms with van der Waals surface area (Å²) in [4.78, 5) is 0. The Labute approximate surface area is 68.2 Å². The second kappa shape index (κ2) is 2.63. The summed E-state index contributed by atoms with van der Waals surface area (Å²) in [7, 11) is -2.76. The molecule has 11 heavy (non-hydrogen) atoms. The molecule has 0 unspecified atom stereocenters. The Morgan fingerprint density at radius 3 is 2.00 bits per heavy atom. The van der Waals surface area contributed by atoms with Crippen LogP contribution in [0.15, 0.2) is 11.1 Å². The first-order chi connectivity index (χ1) is 4.92. The third kappa shape index (κ3) is 1.83. The summed E-state index contributed by atoms with van der Waals surface area (Å²) in [5, 5.41) is 0. The molecule has 3 heteroatoms. The van der Waals surface area contributed by atoms with Gasteiger partial charge in [-0.15, -0.1) is 0 Å². The average molecular weight is 174 g/mol. The van der Waals surface area contributed by atoms with Gasteiger partial charge in [0.15, 0.2) is 9.84 Å². The molecule has 0 aromatic rings. The topological polar surface area (TPSA) is 34.1 Å². The standard InChI is InChI=1S/C8H14O2S/c1-6(2)8-5-11(9,10)4-7(8)3/h6H,4-5H2,1-3H3. The second-order valence-electron chi connectivity index (χ2n) is 3.49. The van der Waals surface area contributed by atoms with E-state index in [4.69, 9.17) is 0 Å². The van der Waals surface area contributed by atoms with Gasteiger partial charge < -0.3 is 0 Å². The zero-order valence-corrected chi connectivity index (χ0v) is 8.03. The molecule has 0 aromatic carbocycles. The van der Waals surface area contributed by atoms with Crippen molar-refractivity contribution in [3.8, 4) is 0 Å². The van der Waals surface area contributed by atoms with Crippen LogP contribution in [0.1, 0.15) is 20.8 Å². The SMILES string of the molecule is CC1=C(C(C)C)CS(=O)(=O)C1. The Balaban J connectivity index is 2.92. The Hall–Kier alpha value is -0.310. The first-order valence-electron chi connectivity index (χ1n) is 3.81. The molecule has 0 aromatic heterocycles. The van der Waals surface area contributed by atoms with Crippen LogP contribution < -0.4 is 0 Å². The molecule has 0 atom stereocenters. The van der Waals surface area contributed by atoms with Crippen LogP contribution in [0.4, 0.5) is 0 Å². The molecule has 64 valence electrons. The fourth-order valence-electron chi connectivity index (χ4n) is 1.49. The minimum Gasteiger partial charge on any atom is -0.228 e. The molecule has 0 bridgehead atoms. The van der Waals surface area contributed by atoms with E-state index in [9.17, 15) is 8.42 Å². The lowest BCUT2D eigenvalue weighted by atomic mass is 10.0. The van der Waals surface area contributed by atoms with E-state index >= 15 is 0 Å². The number of hydrogen-bond donors (Lipinski definition) is 0. The predicted octanol–water partition coefficient (Wildman–Crippen LogP) is 1.39. The third-order valence-electron chi connectivity index (χ3n) is 2.06. The van der Waals surface area contributed by atoms with Gasteiger partial charge in [-0.05, 0) is 12.8 Å². The third-order valence-corrected chi connectivity index (χ3v) is 3.68. The summed E-state index contributed by atoms with van der Waals surface area (Å²) in [5.41, 5.74) is 2.17.